The van der Waals surface area contributed by atoms with Crippen LogP contribution in [0.5, 0.6) is 0 Å². The maximum absolute atomic E-state index is 14.4. The van der Waals surface area contributed by atoms with Crippen LogP contribution in [0.25, 0.3) is 0 Å². The third-order valence-electron chi connectivity index (χ3n) is 7.46. The number of carbonyl (C=O) groups excluding carboxylic acids is 2. The molecule has 2 atom stereocenters. The van der Waals surface area contributed by atoms with E-state index in [1.54, 1.807) is 12.1 Å². The number of nitrogens with zero attached hydrogens (tertiary/aromatic N) is 1. The monoisotopic (exact) mass is 625 g/mol. The number of carbonyl (C=O) groups is 2. The van der Waals surface area contributed by atoms with Gasteiger partial charge < -0.3 is 21.1 Å². The summed E-state index contributed by atoms with van der Waals surface area (Å²) in [6, 6.07) is 15.5. The lowest BCUT2D eigenvalue weighted by atomic mass is 9.75. The molecule has 42 heavy (non-hydrogen) atoms. The van der Waals surface area contributed by atoms with E-state index in [-0.39, 0.29) is 19.8 Å². The van der Waals surface area contributed by atoms with E-state index in [2.05, 4.69) is 10.6 Å². The smallest absolute Gasteiger partial charge is 0.358 e. The minimum atomic E-state index is -4.02. The largest absolute Gasteiger partial charge is 0.374 e. The number of sulfonamides is 1. The Balaban J connectivity index is 0.000000892. The predicted molar refractivity (Wildman–Crippen MR) is 161 cm³/mol. The molecule has 1 unspecified atom stereocenters. The number of benzene rings is 2. The summed E-state index contributed by atoms with van der Waals surface area (Å²) in [4.78, 5) is 27.4. The molecule has 1 fully saturated rings. The van der Waals surface area contributed by atoms with E-state index in [0.29, 0.717) is 24.8 Å². The van der Waals surface area contributed by atoms with Crippen molar-refractivity contribution in [2.24, 2.45) is 5.73 Å². The quantitative estimate of drug-likeness (QED) is 0.245. The van der Waals surface area contributed by atoms with Crippen molar-refractivity contribution < 1.29 is 35.7 Å². The Morgan fingerprint density at radius 1 is 1.05 bits per heavy atom. The number of ether oxygens (including phenoxy) is 1. The summed E-state index contributed by atoms with van der Waals surface area (Å²) in [6.07, 6.45) is 3.24. The van der Waals surface area contributed by atoms with Crippen LogP contribution in [0.1, 0.15) is 37.8 Å². The zero-order chi connectivity index (χ0) is 31.4. The Morgan fingerprint density at radius 2 is 1.60 bits per heavy atom. The molecule has 5 N–H and O–H groups in total. The van der Waals surface area contributed by atoms with Crippen LogP contribution < -0.4 is 20.3 Å². The average molecular weight is 626 g/mol. The number of amides is 2. The molecule has 2 aromatic carbocycles. The third-order valence-corrected chi connectivity index (χ3v) is 9.10. The summed E-state index contributed by atoms with van der Waals surface area (Å²) in [5.74, 6) is -1.21. The van der Waals surface area contributed by atoms with Gasteiger partial charge in [0, 0.05) is 11.6 Å². The number of quaternary nitrogens is 1. The molecule has 4 rings (SSSR count). The van der Waals surface area contributed by atoms with Crippen LogP contribution in [-0.4, -0.2) is 83.5 Å². The number of fused-ring (bicyclic) bond motifs is 2. The van der Waals surface area contributed by atoms with E-state index >= 15 is 0 Å². The second-order valence-corrected chi connectivity index (χ2v) is 15.1. The highest BCUT2D eigenvalue weighted by molar-refractivity contribution is 7.90. The van der Waals surface area contributed by atoms with Crippen molar-refractivity contribution in [3.63, 3.8) is 0 Å². The van der Waals surface area contributed by atoms with Crippen molar-refractivity contribution in [1.29, 1.82) is 0 Å². The van der Waals surface area contributed by atoms with E-state index in [0.717, 1.165) is 30.5 Å². The third kappa shape index (κ3) is 7.81. The fraction of sp³-hybridized carbons (Fsp3) is 0.500. The molecule has 2 aliphatic heterocycles. The summed E-state index contributed by atoms with van der Waals surface area (Å²) in [5.41, 5.74) is 6.50. The number of hydrogen-bond acceptors (Lipinski definition) is 9. The SMILES string of the molecule is CC(C)(N)C(=O)N[C@H](COCc1ccccc1)C(=O)[N+]1(S(C)(=O)=O)CC2(CCNCC2)c2ccccc21.CS(=O)(=O)O. The minimum absolute atomic E-state index is 0.0861. The van der Waals surface area contributed by atoms with Crippen molar-refractivity contribution >= 4 is 37.6 Å². The van der Waals surface area contributed by atoms with Crippen LogP contribution in [0.2, 0.25) is 0 Å². The fourth-order valence-electron chi connectivity index (χ4n) is 5.46. The van der Waals surface area contributed by atoms with E-state index in [1.165, 1.54) is 13.8 Å². The van der Waals surface area contributed by atoms with Crippen molar-refractivity contribution in [2.45, 2.75) is 50.3 Å². The highest BCUT2D eigenvalue weighted by atomic mass is 32.2. The molecular formula is C28H41N4O8S2+. The molecule has 14 heteroatoms. The van der Waals surface area contributed by atoms with Crippen LogP contribution in [-0.2, 0) is 46.5 Å². The van der Waals surface area contributed by atoms with Gasteiger partial charge in [0.1, 0.15) is 6.54 Å². The zero-order valence-electron chi connectivity index (χ0n) is 24.4. The lowest BCUT2D eigenvalue weighted by Crippen LogP contribution is -2.67. The summed E-state index contributed by atoms with van der Waals surface area (Å²) >= 11 is 0. The molecule has 2 amide bonds. The Kier molecular flexibility index (Phi) is 10.4. The van der Waals surface area contributed by atoms with Crippen molar-refractivity contribution in [3.8, 4) is 0 Å². The molecule has 2 aromatic rings. The van der Waals surface area contributed by atoms with Gasteiger partial charge in [-0.3, -0.25) is 9.35 Å². The number of nitrogens with two attached hydrogens (primary N) is 1. The highest BCUT2D eigenvalue weighted by Gasteiger charge is 2.63. The molecule has 1 spiro atoms. The first kappa shape index (κ1) is 33.8. The molecule has 12 nitrogen and oxygen atoms in total. The lowest BCUT2D eigenvalue weighted by Gasteiger charge is -2.37. The van der Waals surface area contributed by atoms with Gasteiger partial charge in [-0.1, -0.05) is 48.5 Å². The molecule has 0 aliphatic carbocycles. The van der Waals surface area contributed by atoms with Gasteiger partial charge in [-0.05, 0) is 45.3 Å². The maximum atomic E-state index is 14.4. The van der Waals surface area contributed by atoms with Crippen molar-refractivity contribution in [1.82, 2.24) is 14.5 Å². The first-order chi connectivity index (χ1) is 19.4. The second-order valence-electron chi connectivity index (χ2n) is 11.5. The van der Waals surface area contributed by atoms with Gasteiger partial charge in [0.25, 0.3) is 10.1 Å². The van der Waals surface area contributed by atoms with Crippen LogP contribution in [0.3, 0.4) is 0 Å². The number of para-hydroxylation sites is 1. The lowest BCUT2D eigenvalue weighted by molar-refractivity contribution is -0.135. The van der Waals surface area contributed by atoms with Crippen molar-refractivity contribution in [2.75, 3.05) is 38.8 Å². The van der Waals surface area contributed by atoms with Gasteiger partial charge in [0.15, 0.2) is 11.7 Å². The van der Waals surface area contributed by atoms with Crippen LogP contribution in [0.4, 0.5) is 5.69 Å². The Hall–Kier alpha value is -2.72. The maximum Gasteiger partial charge on any atom is 0.358 e. The van der Waals surface area contributed by atoms with E-state index in [4.69, 9.17) is 15.0 Å². The van der Waals surface area contributed by atoms with Gasteiger partial charge in [0.2, 0.25) is 5.91 Å². The van der Waals surface area contributed by atoms with E-state index < -0.39 is 52.8 Å². The molecule has 1 saturated heterocycles. The molecule has 0 radical (unpaired) electrons. The topological polar surface area (TPSA) is 182 Å². The normalized spacial score (nSPS) is 20.6. The first-order valence-corrected chi connectivity index (χ1v) is 17.2. The molecule has 232 valence electrons. The summed E-state index contributed by atoms with van der Waals surface area (Å²) < 4.78 is 58.1. The van der Waals surface area contributed by atoms with Gasteiger partial charge >= 0.3 is 15.9 Å². The molecule has 0 bridgehead atoms. The van der Waals surface area contributed by atoms with Crippen LogP contribution >= 0.6 is 0 Å². The van der Waals surface area contributed by atoms with Gasteiger partial charge in [-0.15, -0.1) is 3.89 Å². The van der Waals surface area contributed by atoms with Gasteiger partial charge in [0.05, 0.1) is 36.7 Å². The number of nitrogens with one attached hydrogen (secondary N) is 2. The number of rotatable bonds is 8. The van der Waals surface area contributed by atoms with E-state index in [1.807, 2.05) is 42.5 Å². The minimum Gasteiger partial charge on any atom is -0.374 e. The molecule has 0 aromatic heterocycles. The summed E-state index contributed by atoms with van der Waals surface area (Å²) in [6.45, 7) is 4.62. The fourth-order valence-corrected chi connectivity index (χ4v) is 6.91. The second kappa shape index (κ2) is 12.9. The van der Waals surface area contributed by atoms with E-state index in [9.17, 15) is 26.4 Å². The highest BCUT2D eigenvalue weighted by Crippen LogP contribution is 2.51. The van der Waals surface area contributed by atoms with Gasteiger partial charge in [-0.25, -0.2) is 4.79 Å². The van der Waals surface area contributed by atoms with Crippen LogP contribution in [0, 0.1) is 0 Å². The average Bonchev–Trinajstić information content (AvgIpc) is 3.18. The molecular weight excluding hydrogens is 584 g/mol. The Bertz CT molecular complexity index is 1480. The first-order valence-electron chi connectivity index (χ1n) is 13.5. The molecule has 2 aliphatic rings. The van der Waals surface area contributed by atoms with Gasteiger partial charge in [-0.2, -0.15) is 16.8 Å². The standard InChI is InChI=1S/C27H36N4O5S.CH4O3S/c1-26(2,28)25(33)30-22(18-36-17-20-9-5-4-6-10-20)24(32)31(37(3,34)35)19-27(13-15-29-16-14-27)21-11-7-8-12-23(21)31;1-5(2,3)4/h4-12,22,29H,13-19,28H2,1-3H3;1H3,(H,2,3,4)/p+1/t22-,31?;/m1./s1. The molecule has 2 heterocycles. The van der Waals surface area contributed by atoms with Crippen molar-refractivity contribution in [3.05, 3.63) is 65.7 Å². The molecule has 0 saturated carbocycles. The number of piperidine rings is 1. The predicted octanol–water partition coefficient (Wildman–Crippen LogP) is 1.06. The zero-order valence-corrected chi connectivity index (χ0v) is 26.0. The Morgan fingerprint density at radius 3 is 2.14 bits per heavy atom. The number of hydrogen-bond donors (Lipinski definition) is 4. The summed E-state index contributed by atoms with van der Waals surface area (Å²) in [7, 11) is -7.68. The van der Waals surface area contributed by atoms with Crippen LogP contribution in [0.15, 0.2) is 54.6 Å². The summed E-state index contributed by atoms with van der Waals surface area (Å²) in [5, 5.41) is 6.05. The Labute approximate surface area is 248 Å².